The van der Waals surface area contributed by atoms with Crippen molar-refractivity contribution in [3.63, 3.8) is 0 Å². The number of benzene rings is 1. The van der Waals surface area contributed by atoms with Crippen LogP contribution >= 0.6 is 0 Å². The first-order chi connectivity index (χ1) is 11.1. The number of aromatic nitrogens is 1. The van der Waals surface area contributed by atoms with E-state index in [9.17, 15) is 4.79 Å². The van der Waals surface area contributed by atoms with Gasteiger partial charge in [0.05, 0.1) is 0 Å². The summed E-state index contributed by atoms with van der Waals surface area (Å²) in [4.78, 5) is 15.1. The molecule has 1 saturated heterocycles. The maximum Gasteiger partial charge on any atom is 0.250 e. The molecule has 0 radical (unpaired) electrons. The minimum atomic E-state index is -0.617. The lowest BCUT2D eigenvalue weighted by atomic mass is 10.0. The number of carbonyl (C=O) groups is 1. The minimum Gasteiger partial charge on any atom is -0.340 e. The monoisotopic (exact) mass is 311 g/mol. The topological polar surface area (TPSA) is 37.3 Å². The van der Waals surface area contributed by atoms with Gasteiger partial charge in [-0.05, 0) is 69.6 Å². The summed E-state index contributed by atoms with van der Waals surface area (Å²) >= 11 is 0. The molecule has 0 bridgehead atoms. The number of nitrogens with zero attached hydrogens (tertiary/aromatic N) is 2. The normalized spacial score (nSPS) is 15.7. The highest BCUT2D eigenvalue weighted by molar-refractivity contribution is 5.96. The van der Waals surface area contributed by atoms with Crippen molar-refractivity contribution in [2.24, 2.45) is 0 Å². The Bertz CT molecular complexity index is 655. The van der Waals surface area contributed by atoms with Crippen LogP contribution in [0.3, 0.4) is 0 Å². The zero-order valence-electron chi connectivity index (χ0n) is 14.0. The molecule has 122 valence electrons. The van der Waals surface area contributed by atoms with Crippen LogP contribution in [0.4, 0.5) is 5.69 Å². The van der Waals surface area contributed by atoms with Crippen LogP contribution in [-0.4, -0.2) is 28.5 Å². The van der Waals surface area contributed by atoms with Crippen LogP contribution in [0.5, 0.6) is 0 Å². The highest BCUT2D eigenvalue weighted by Crippen LogP contribution is 2.20. The van der Waals surface area contributed by atoms with E-state index in [1.54, 1.807) is 0 Å². The molecule has 2 aromatic rings. The van der Waals surface area contributed by atoms with Crippen molar-refractivity contribution in [2.75, 3.05) is 18.4 Å². The Balaban J connectivity index is 1.68. The van der Waals surface area contributed by atoms with Crippen molar-refractivity contribution >= 4 is 11.6 Å². The van der Waals surface area contributed by atoms with Crippen LogP contribution in [0.1, 0.15) is 32.3 Å². The fourth-order valence-corrected chi connectivity index (χ4v) is 3.05. The number of hydrogen-bond donors (Lipinski definition) is 1. The maximum atomic E-state index is 12.6. The fraction of sp³-hybridized carbons (Fsp3) is 0.421. The summed E-state index contributed by atoms with van der Waals surface area (Å²) in [6, 6.07) is 12.1. The summed E-state index contributed by atoms with van der Waals surface area (Å²) in [6.07, 6.45) is 6.43. The van der Waals surface area contributed by atoms with Crippen molar-refractivity contribution in [1.29, 1.82) is 0 Å². The Kier molecular flexibility index (Phi) is 4.53. The summed E-state index contributed by atoms with van der Waals surface area (Å²) in [5.74, 6) is -0.00739. The third-order valence-electron chi connectivity index (χ3n) is 4.60. The molecule has 23 heavy (non-hydrogen) atoms. The molecular formula is C19H25N3O. The first kappa shape index (κ1) is 15.8. The standard InChI is InChI=1S/C19H25N3O/c1-19(2,22-12-5-6-13-22)18(23)20-17-9-7-8-16(14-17)15-21-10-3-4-11-21/h5-9,12-14H,3-4,10-11,15H2,1-2H3,(H,20,23). The van der Waals surface area contributed by atoms with Gasteiger partial charge in [-0.1, -0.05) is 12.1 Å². The van der Waals surface area contributed by atoms with E-state index in [1.165, 1.54) is 31.5 Å². The zero-order valence-corrected chi connectivity index (χ0v) is 14.0. The lowest BCUT2D eigenvalue weighted by Gasteiger charge is -2.26. The molecule has 0 saturated carbocycles. The van der Waals surface area contributed by atoms with Crippen molar-refractivity contribution in [3.05, 3.63) is 54.4 Å². The van der Waals surface area contributed by atoms with E-state index in [1.807, 2.05) is 55.1 Å². The van der Waals surface area contributed by atoms with Crippen LogP contribution in [-0.2, 0) is 16.9 Å². The zero-order chi connectivity index (χ0) is 16.3. The van der Waals surface area contributed by atoms with E-state index in [0.29, 0.717) is 0 Å². The van der Waals surface area contributed by atoms with Crippen molar-refractivity contribution in [3.8, 4) is 0 Å². The fourth-order valence-electron chi connectivity index (χ4n) is 3.05. The third kappa shape index (κ3) is 3.64. The van der Waals surface area contributed by atoms with E-state index < -0.39 is 5.54 Å². The van der Waals surface area contributed by atoms with Crippen LogP contribution in [0.25, 0.3) is 0 Å². The van der Waals surface area contributed by atoms with Gasteiger partial charge in [-0.15, -0.1) is 0 Å². The Labute approximate surface area is 138 Å². The quantitative estimate of drug-likeness (QED) is 0.918. The third-order valence-corrected chi connectivity index (χ3v) is 4.60. The van der Waals surface area contributed by atoms with E-state index in [2.05, 4.69) is 22.3 Å². The second-order valence-electron chi connectivity index (χ2n) is 6.79. The average molecular weight is 311 g/mol. The molecule has 0 aliphatic carbocycles. The molecule has 3 rings (SSSR count). The molecule has 4 heteroatoms. The van der Waals surface area contributed by atoms with Gasteiger partial charge >= 0.3 is 0 Å². The number of carbonyl (C=O) groups excluding carboxylic acids is 1. The number of amides is 1. The van der Waals surface area contributed by atoms with Gasteiger partial charge < -0.3 is 9.88 Å². The van der Waals surface area contributed by atoms with Gasteiger partial charge in [0.2, 0.25) is 5.91 Å². The van der Waals surface area contributed by atoms with E-state index in [-0.39, 0.29) is 5.91 Å². The van der Waals surface area contributed by atoms with Gasteiger partial charge in [-0.25, -0.2) is 0 Å². The minimum absolute atomic E-state index is 0.00739. The van der Waals surface area contributed by atoms with Crippen LogP contribution in [0.15, 0.2) is 48.8 Å². The molecule has 2 heterocycles. The highest BCUT2D eigenvalue weighted by atomic mass is 16.2. The first-order valence-electron chi connectivity index (χ1n) is 8.32. The number of likely N-dealkylation sites (tertiary alicyclic amines) is 1. The summed E-state index contributed by atoms with van der Waals surface area (Å²) in [7, 11) is 0. The Morgan fingerprint density at radius 3 is 2.52 bits per heavy atom. The predicted octanol–water partition coefficient (Wildman–Crippen LogP) is 3.46. The molecule has 1 amide bonds. The van der Waals surface area contributed by atoms with Crippen molar-refractivity contribution < 1.29 is 4.79 Å². The number of nitrogens with one attached hydrogen (secondary N) is 1. The summed E-state index contributed by atoms with van der Waals surface area (Å²) < 4.78 is 1.93. The molecule has 1 aromatic heterocycles. The van der Waals surface area contributed by atoms with Crippen LogP contribution < -0.4 is 5.32 Å². The lowest BCUT2D eigenvalue weighted by molar-refractivity contribution is -0.123. The Morgan fingerprint density at radius 1 is 1.13 bits per heavy atom. The highest BCUT2D eigenvalue weighted by Gasteiger charge is 2.28. The van der Waals surface area contributed by atoms with Gasteiger partial charge in [0, 0.05) is 24.6 Å². The molecule has 1 N–H and O–H groups in total. The predicted molar refractivity (Wildman–Crippen MR) is 93.3 cm³/mol. The molecule has 4 nitrogen and oxygen atoms in total. The molecular weight excluding hydrogens is 286 g/mol. The molecule has 1 aliphatic rings. The number of rotatable bonds is 5. The SMILES string of the molecule is CC(C)(C(=O)Nc1cccc(CN2CCCC2)c1)n1cccc1. The Hall–Kier alpha value is -2.07. The van der Waals surface area contributed by atoms with Gasteiger partial charge in [0.15, 0.2) is 0 Å². The first-order valence-corrected chi connectivity index (χ1v) is 8.32. The Morgan fingerprint density at radius 2 is 1.83 bits per heavy atom. The molecule has 0 atom stereocenters. The molecule has 1 aromatic carbocycles. The maximum absolute atomic E-state index is 12.6. The van der Waals surface area contributed by atoms with Crippen molar-refractivity contribution in [2.45, 2.75) is 38.8 Å². The number of hydrogen-bond acceptors (Lipinski definition) is 2. The van der Waals surface area contributed by atoms with Gasteiger partial charge in [0.25, 0.3) is 0 Å². The average Bonchev–Trinajstić information content (AvgIpc) is 3.21. The van der Waals surface area contributed by atoms with E-state index in [0.717, 1.165) is 12.2 Å². The smallest absolute Gasteiger partial charge is 0.250 e. The number of anilines is 1. The van der Waals surface area contributed by atoms with Crippen LogP contribution in [0, 0.1) is 0 Å². The van der Waals surface area contributed by atoms with E-state index >= 15 is 0 Å². The summed E-state index contributed by atoms with van der Waals surface area (Å²) in [6.45, 7) is 7.17. The van der Waals surface area contributed by atoms with E-state index in [4.69, 9.17) is 0 Å². The van der Waals surface area contributed by atoms with Crippen LogP contribution in [0.2, 0.25) is 0 Å². The molecule has 0 unspecified atom stereocenters. The second-order valence-corrected chi connectivity index (χ2v) is 6.79. The molecule has 1 fully saturated rings. The summed E-state index contributed by atoms with van der Waals surface area (Å²) in [5.41, 5.74) is 1.50. The van der Waals surface area contributed by atoms with Gasteiger partial charge in [0.1, 0.15) is 5.54 Å². The van der Waals surface area contributed by atoms with Crippen molar-refractivity contribution in [1.82, 2.24) is 9.47 Å². The molecule has 0 spiro atoms. The summed E-state index contributed by atoms with van der Waals surface area (Å²) in [5, 5.41) is 3.06. The second kappa shape index (κ2) is 6.59. The molecule has 1 aliphatic heterocycles. The van der Waals surface area contributed by atoms with Gasteiger partial charge in [-0.3, -0.25) is 9.69 Å². The van der Waals surface area contributed by atoms with Gasteiger partial charge in [-0.2, -0.15) is 0 Å². The lowest BCUT2D eigenvalue weighted by Crippen LogP contribution is -2.39. The largest absolute Gasteiger partial charge is 0.340 e.